The first-order valence-electron chi connectivity index (χ1n) is 6.56. The third-order valence-corrected chi connectivity index (χ3v) is 3.41. The van der Waals surface area contributed by atoms with E-state index in [1.165, 1.54) is 7.11 Å². The first kappa shape index (κ1) is 13.8. The molecule has 0 saturated carbocycles. The molecule has 0 bridgehead atoms. The molecule has 2 aliphatic heterocycles. The molecule has 2 heterocycles. The van der Waals surface area contributed by atoms with Gasteiger partial charge in [0.25, 0.3) is 0 Å². The second-order valence-corrected chi connectivity index (χ2v) is 5.33. The minimum absolute atomic E-state index is 0.0399. The molecule has 0 aliphatic carbocycles. The van der Waals surface area contributed by atoms with Gasteiger partial charge in [0, 0.05) is 6.42 Å². The monoisotopic (exact) mass is 258 g/mol. The Kier molecular flexibility index (Phi) is 4.25. The van der Waals surface area contributed by atoms with Crippen LogP contribution < -0.4 is 0 Å². The fraction of sp³-hybridized carbons (Fsp3) is 0.923. The Morgan fingerprint density at radius 3 is 2.83 bits per heavy atom. The largest absolute Gasteiger partial charge is 0.469 e. The van der Waals surface area contributed by atoms with Crippen molar-refractivity contribution in [3.63, 3.8) is 0 Å². The van der Waals surface area contributed by atoms with Gasteiger partial charge in [0.05, 0.1) is 19.8 Å². The fourth-order valence-electron chi connectivity index (χ4n) is 2.58. The van der Waals surface area contributed by atoms with Crippen molar-refractivity contribution in [2.24, 2.45) is 0 Å². The minimum Gasteiger partial charge on any atom is -0.469 e. The summed E-state index contributed by atoms with van der Waals surface area (Å²) in [6.07, 6.45) is 3.33. The van der Waals surface area contributed by atoms with Crippen molar-refractivity contribution in [2.45, 2.75) is 63.6 Å². The van der Waals surface area contributed by atoms with Crippen LogP contribution in [0.1, 0.15) is 39.5 Å². The average Bonchev–Trinajstić information content (AvgIpc) is 2.80. The van der Waals surface area contributed by atoms with Crippen LogP contribution >= 0.6 is 0 Å². The molecule has 2 aliphatic rings. The lowest BCUT2D eigenvalue weighted by Gasteiger charge is -2.21. The van der Waals surface area contributed by atoms with E-state index in [0.29, 0.717) is 13.0 Å². The predicted molar refractivity (Wildman–Crippen MR) is 64.0 cm³/mol. The normalized spacial score (nSPS) is 33.4. The molecule has 0 aromatic heterocycles. The molecule has 0 radical (unpaired) electrons. The van der Waals surface area contributed by atoms with Gasteiger partial charge in [0.15, 0.2) is 5.79 Å². The number of methoxy groups -OCH3 is 1. The van der Waals surface area contributed by atoms with E-state index in [4.69, 9.17) is 14.2 Å². The zero-order valence-corrected chi connectivity index (χ0v) is 11.3. The summed E-state index contributed by atoms with van der Waals surface area (Å²) in [5.74, 6) is -0.648. The first-order valence-corrected chi connectivity index (χ1v) is 6.56. The van der Waals surface area contributed by atoms with Gasteiger partial charge < -0.3 is 18.9 Å². The summed E-state index contributed by atoms with van der Waals surface area (Å²) in [5.41, 5.74) is 0. The second-order valence-electron chi connectivity index (χ2n) is 5.33. The predicted octanol–water partition coefficient (Wildman–Crippen LogP) is 1.64. The van der Waals surface area contributed by atoms with Crippen molar-refractivity contribution in [2.75, 3.05) is 13.7 Å². The molecule has 3 atom stereocenters. The number of rotatable bonds is 5. The summed E-state index contributed by atoms with van der Waals surface area (Å²) in [6.45, 7) is 4.47. The molecule has 0 amide bonds. The zero-order valence-electron chi connectivity index (χ0n) is 11.3. The number of carbonyl (C=O) groups excluding carboxylic acids is 1. The highest BCUT2D eigenvalue weighted by Gasteiger charge is 2.49. The molecule has 5 heteroatoms. The van der Waals surface area contributed by atoms with Gasteiger partial charge in [0.2, 0.25) is 0 Å². The number of unbranched alkanes of at least 4 members (excludes halogenated alkanes) is 1. The van der Waals surface area contributed by atoms with Gasteiger partial charge in [-0.2, -0.15) is 0 Å². The zero-order chi connectivity index (χ0) is 13.2. The fourth-order valence-corrected chi connectivity index (χ4v) is 2.58. The van der Waals surface area contributed by atoms with E-state index >= 15 is 0 Å². The Hall–Kier alpha value is -0.650. The Balaban J connectivity index is 1.70. The minimum atomic E-state index is -0.497. The number of hydrogen-bond donors (Lipinski definition) is 0. The van der Waals surface area contributed by atoms with E-state index in [1.54, 1.807) is 0 Å². The lowest BCUT2D eigenvalue weighted by atomic mass is 10.0. The number of carbonyl (C=O) groups is 1. The van der Waals surface area contributed by atoms with Crippen molar-refractivity contribution in [3.8, 4) is 0 Å². The average molecular weight is 258 g/mol. The van der Waals surface area contributed by atoms with E-state index in [1.807, 2.05) is 13.8 Å². The smallest absolute Gasteiger partial charge is 0.305 e. The standard InChI is InChI=1S/C13H22O5/c1-13(2)17-10-8-16-9(12(10)18-13)6-4-5-7-11(14)15-3/h9-10,12H,4-8H2,1-3H3/t9-,10+,12-/m0/s1. The lowest BCUT2D eigenvalue weighted by molar-refractivity contribution is -0.175. The quantitative estimate of drug-likeness (QED) is 0.554. The van der Waals surface area contributed by atoms with Crippen molar-refractivity contribution in [1.29, 1.82) is 0 Å². The molecule has 0 aromatic carbocycles. The van der Waals surface area contributed by atoms with Crippen LogP contribution in [0.4, 0.5) is 0 Å². The van der Waals surface area contributed by atoms with Gasteiger partial charge in [0.1, 0.15) is 12.2 Å². The first-order chi connectivity index (χ1) is 8.52. The Morgan fingerprint density at radius 1 is 1.33 bits per heavy atom. The third-order valence-electron chi connectivity index (χ3n) is 3.41. The topological polar surface area (TPSA) is 54.0 Å². The lowest BCUT2D eigenvalue weighted by Crippen LogP contribution is -2.29. The summed E-state index contributed by atoms with van der Waals surface area (Å²) in [7, 11) is 1.42. The van der Waals surface area contributed by atoms with E-state index in [9.17, 15) is 4.79 Å². The summed E-state index contributed by atoms with van der Waals surface area (Å²) in [6, 6.07) is 0. The third kappa shape index (κ3) is 3.22. The molecule has 0 aromatic rings. The molecule has 2 saturated heterocycles. The number of hydrogen-bond acceptors (Lipinski definition) is 5. The maximum atomic E-state index is 11.0. The Labute approximate surface area is 108 Å². The van der Waals surface area contributed by atoms with E-state index < -0.39 is 5.79 Å². The van der Waals surface area contributed by atoms with Crippen molar-refractivity contribution < 1.29 is 23.7 Å². The summed E-state index contributed by atoms with van der Waals surface area (Å²) >= 11 is 0. The number of esters is 1. The molecule has 2 rings (SSSR count). The highest BCUT2D eigenvalue weighted by molar-refractivity contribution is 5.68. The molecule has 2 fully saturated rings. The van der Waals surface area contributed by atoms with Gasteiger partial charge in [-0.3, -0.25) is 4.79 Å². The van der Waals surface area contributed by atoms with E-state index in [-0.39, 0.29) is 24.3 Å². The van der Waals surface area contributed by atoms with Crippen LogP contribution in [0, 0.1) is 0 Å². The molecule has 104 valence electrons. The van der Waals surface area contributed by atoms with Crippen LogP contribution in [0.2, 0.25) is 0 Å². The van der Waals surface area contributed by atoms with Gasteiger partial charge >= 0.3 is 5.97 Å². The molecular formula is C13H22O5. The number of fused-ring (bicyclic) bond motifs is 1. The van der Waals surface area contributed by atoms with E-state index in [2.05, 4.69) is 4.74 Å². The molecule has 18 heavy (non-hydrogen) atoms. The van der Waals surface area contributed by atoms with Crippen LogP contribution in [0.25, 0.3) is 0 Å². The van der Waals surface area contributed by atoms with Crippen LogP contribution in [-0.2, 0) is 23.7 Å². The van der Waals surface area contributed by atoms with Crippen molar-refractivity contribution in [3.05, 3.63) is 0 Å². The second kappa shape index (κ2) is 5.55. The maximum Gasteiger partial charge on any atom is 0.305 e. The Bertz CT molecular complexity index is 302. The van der Waals surface area contributed by atoms with Crippen LogP contribution in [0.5, 0.6) is 0 Å². The molecule has 0 spiro atoms. The van der Waals surface area contributed by atoms with Crippen LogP contribution in [-0.4, -0.2) is 43.8 Å². The highest BCUT2D eigenvalue weighted by Crippen LogP contribution is 2.36. The Morgan fingerprint density at radius 2 is 2.11 bits per heavy atom. The van der Waals surface area contributed by atoms with E-state index in [0.717, 1.165) is 19.3 Å². The molecule has 0 unspecified atom stereocenters. The highest BCUT2D eigenvalue weighted by atomic mass is 16.8. The van der Waals surface area contributed by atoms with Gasteiger partial charge in [-0.1, -0.05) is 6.42 Å². The molecule has 5 nitrogen and oxygen atoms in total. The molecular weight excluding hydrogens is 236 g/mol. The van der Waals surface area contributed by atoms with Crippen LogP contribution in [0.15, 0.2) is 0 Å². The van der Waals surface area contributed by atoms with Crippen LogP contribution in [0.3, 0.4) is 0 Å². The summed E-state index contributed by atoms with van der Waals surface area (Å²) in [5, 5.41) is 0. The van der Waals surface area contributed by atoms with Gasteiger partial charge in [-0.15, -0.1) is 0 Å². The maximum absolute atomic E-state index is 11.0. The van der Waals surface area contributed by atoms with Crippen molar-refractivity contribution >= 4 is 5.97 Å². The summed E-state index contributed by atoms with van der Waals surface area (Å²) in [4.78, 5) is 11.0. The summed E-state index contributed by atoms with van der Waals surface area (Å²) < 4.78 is 21.9. The van der Waals surface area contributed by atoms with Gasteiger partial charge in [-0.05, 0) is 26.7 Å². The SMILES string of the molecule is COC(=O)CCCC[C@@H]1OC[C@H]2OC(C)(C)O[C@@H]12. The van der Waals surface area contributed by atoms with Crippen molar-refractivity contribution in [1.82, 2.24) is 0 Å². The number of ether oxygens (including phenoxy) is 4. The molecule has 0 N–H and O–H groups in total. The van der Waals surface area contributed by atoms with Gasteiger partial charge in [-0.25, -0.2) is 0 Å².